The number of nitrogens with two attached hydrogens (primary N) is 2. The summed E-state index contributed by atoms with van der Waals surface area (Å²) in [5.41, 5.74) is 10.1. The second-order valence-electron chi connectivity index (χ2n) is 2.15. The number of imide groups is 1. The molecule has 64 valence electrons. The molecule has 5 nitrogen and oxygen atoms in total. The van der Waals surface area contributed by atoms with Crippen molar-refractivity contribution in [3.8, 4) is 0 Å². The number of primary amides is 1. The number of hydrogen-bond donors (Lipinski definition) is 2. The molecule has 4 N–H and O–H groups in total. The van der Waals surface area contributed by atoms with Gasteiger partial charge in [-0.1, -0.05) is 0 Å². The van der Waals surface area contributed by atoms with Gasteiger partial charge >= 0.3 is 6.03 Å². The molecule has 11 heavy (non-hydrogen) atoms. The molecular formula is C6H13N3O2. The topological polar surface area (TPSA) is 89.4 Å². The average molecular weight is 159 g/mol. The highest BCUT2D eigenvalue weighted by Crippen LogP contribution is 1.90. The highest BCUT2D eigenvalue weighted by molar-refractivity contribution is 5.92. The van der Waals surface area contributed by atoms with E-state index >= 15 is 0 Å². The molecule has 0 aromatic carbocycles. The van der Waals surface area contributed by atoms with E-state index in [1.54, 1.807) is 0 Å². The molecule has 0 aliphatic carbocycles. The van der Waals surface area contributed by atoms with Crippen molar-refractivity contribution in [2.24, 2.45) is 11.5 Å². The molecule has 0 spiro atoms. The lowest BCUT2D eigenvalue weighted by Gasteiger charge is -2.14. The summed E-state index contributed by atoms with van der Waals surface area (Å²) < 4.78 is 0. The van der Waals surface area contributed by atoms with E-state index in [0.717, 1.165) is 4.90 Å². The Balaban J connectivity index is 3.90. The smallest absolute Gasteiger partial charge is 0.321 e. The van der Waals surface area contributed by atoms with Crippen LogP contribution in [-0.2, 0) is 4.79 Å². The fourth-order valence-electron chi connectivity index (χ4n) is 0.672. The van der Waals surface area contributed by atoms with Crippen LogP contribution in [0.2, 0.25) is 0 Å². The minimum atomic E-state index is -0.717. The molecule has 0 unspecified atom stereocenters. The Bertz CT molecular complexity index is 144. The molecule has 0 aromatic rings. The van der Waals surface area contributed by atoms with Crippen molar-refractivity contribution in [1.29, 1.82) is 0 Å². The van der Waals surface area contributed by atoms with E-state index in [1.807, 2.05) is 0 Å². The van der Waals surface area contributed by atoms with Crippen LogP contribution < -0.4 is 11.5 Å². The number of carbonyl (C=O) groups excluding carboxylic acids is 2. The van der Waals surface area contributed by atoms with Gasteiger partial charge in [-0.05, 0) is 13.0 Å². The van der Waals surface area contributed by atoms with Crippen molar-refractivity contribution in [3.63, 3.8) is 0 Å². The summed E-state index contributed by atoms with van der Waals surface area (Å²) in [5.74, 6) is -0.342. The number of urea groups is 1. The summed E-state index contributed by atoms with van der Waals surface area (Å²) in [6.07, 6.45) is 0.586. The molecule has 0 radical (unpaired) electrons. The lowest BCUT2D eigenvalue weighted by Crippen LogP contribution is -2.40. The van der Waals surface area contributed by atoms with Gasteiger partial charge in [0.2, 0.25) is 5.91 Å². The Hall–Kier alpha value is -1.10. The van der Waals surface area contributed by atoms with Crippen molar-refractivity contribution >= 4 is 11.9 Å². The van der Waals surface area contributed by atoms with Crippen molar-refractivity contribution in [3.05, 3.63) is 0 Å². The normalized spacial score (nSPS) is 9.27. The maximum Gasteiger partial charge on any atom is 0.321 e. The van der Waals surface area contributed by atoms with Crippen molar-refractivity contribution in [2.45, 2.75) is 13.3 Å². The maximum absolute atomic E-state index is 10.7. The van der Waals surface area contributed by atoms with Gasteiger partial charge in [-0.15, -0.1) is 0 Å². The summed E-state index contributed by atoms with van der Waals surface area (Å²) in [6, 6.07) is -0.717. The van der Waals surface area contributed by atoms with Gasteiger partial charge in [-0.25, -0.2) is 4.79 Å². The second kappa shape index (κ2) is 4.68. The van der Waals surface area contributed by atoms with E-state index in [0.29, 0.717) is 19.5 Å². The first kappa shape index (κ1) is 9.90. The van der Waals surface area contributed by atoms with E-state index in [9.17, 15) is 9.59 Å². The second-order valence-corrected chi connectivity index (χ2v) is 2.15. The van der Waals surface area contributed by atoms with Crippen LogP contribution in [0.3, 0.4) is 0 Å². The summed E-state index contributed by atoms with van der Waals surface area (Å²) in [6.45, 7) is 2.04. The Labute approximate surface area is 65.3 Å². The van der Waals surface area contributed by atoms with Gasteiger partial charge in [0.1, 0.15) is 0 Å². The minimum Gasteiger partial charge on any atom is -0.351 e. The molecule has 0 bridgehead atoms. The lowest BCUT2D eigenvalue weighted by atomic mass is 10.4. The lowest BCUT2D eigenvalue weighted by molar-refractivity contribution is -0.125. The van der Waals surface area contributed by atoms with Gasteiger partial charge in [0.05, 0.1) is 0 Å². The molecule has 3 amide bonds. The summed E-state index contributed by atoms with van der Waals surface area (Å²) >= 11 is 0. The van der Waals surface area contributed by atoms with E-state index < -0.39 is 6.03 Å². The number of carbonyl (C=O) groups is 2. The summed E-state index contributed by atoms with van der Waals surface area (Å²) in [5, 5.41) is 0. The molecule has 0 aliphatic rings. The van der Waals surface area contributed by atoms with Gasteiger partial charge < -0.3 is 11.5 Å². The van der Waals surface area contributed by atoms with Crippen LogP contribution in [0.1, 0.15) is 13.3 Å². The Kier molecular flexibility index (Phi) is 4.21. The molecule has 0 atom stereocenters. The Morgan fingerprint density at radius 1 is 1.45 bits per heavy atom. The summed E-state index contributed by atoms with van der Waals surface area (Å²) in [4.78, 5) is 22.2. The molecule has 5 heteroatoms. The molecular weight excluding hydrogens is 146 g/mol. The monoisotopic (exact) mass is 159 g/mol. The molecule has 0 heterocycles. The molecule has 0 aliphatic heterocycles. The Morgan fingerprint density at radius 2 is 2.00 bits per heavy atom. The predicted molar refractivity (Wildman–Crippen MR) is 40.6 cm³/mol. The third-order valence-electron chi connectivity index (χ3n) is 1.23. The van der Waals surface area contributed by atoms with Crippen molar-refractivity contribution in [1.82, 2.24) is 4.90 Å². The number of hydrogen-bond acceptors (Lipinski definition) is 3. The van der Waals surface area contributed by atoms with Crippen LogP contribution in [0, 0.1) is 0 Å². The standard InChI is InChI=1S/C6H13N3O2/c1-5(10)9(6(8)11)4-2-3-7/h2-4,7H2,1H3,(H2,8,11). The van der Waals surface area contributed by atoms with E-state index in [2.05, 4.69) is 0 Å². The predicted octanol–water partition coefficient (Wildman–Crippen LogP) is -0.738. The van der Waals surface area contributed by atoms with Gasteiger partial charge in [0, 0.05) is 13.5 Å². The quantitative estimate of drug-likeness (QED) is 0.568. The van der Waals surface area contributed by atoms with E-state index in [4.69, 9.17) is 11.5 Å². The van der Waals surface area contributed by atoms with Gasteiger partial charge in [-0.2, -0.15) is 0 Å². The van der Waals surface area contributed by atoms with Crippen LogP contribution in [0.4, 0.5) is 4.79 Å². The first-order chi connectivity index (χ1) is 5.09. The minimum absolute atomic E-state index is 0.307. The molecule has 0 aromatic heterocycles. The first-order valence-corrected chi connectivity index (χ1v) is 3.37. The number of rotatable bonds is 3. The fourth-order valence-corrected chi connectivity index (χ4v) is 0.672. The van der Waals surface area contributed by atoms with E-state index in [-0.39, 0.29) is 5.91 Å². The van der Waals surface area contributed by atoms with Crippen LogP contribution in [0.15, 0.2) is 0 Å². The van der Waals surface area contributed by atoms with E-state index in [1.165, 1.54) is 6.92 Å². The molecule has 0 rings (SSSR count). The van der Waals surface area contributed by atoms with Crippen LogP contribution in [-0.4, -0.2) is 29.9 Å². The first-order valence-electron chi connectivity index (χ1n) is 3.37. The molecule has 0 saturated heterocycles. The zero-order valence-electron chi connectivity index (χ0n) is 6.54. The fraction of sp³-hybridized carbons (Fsp3) is 0.667. The zero-order valence-corrected chi connectivity index (χ0v) is 6.54. The van der Waals surface area contributed by atoms with Crippen LogP contribution in [0.5, 0.6) is 0 Å². The average Bonchev–Trinajstić information content (AvgIpc) is 1.87. The third kappa shape index (κ3) is 3.57. The highest BCUT2D eigenvalue weighted by Gasteiger charge is 2.12. The van der Waals surface area contributed by atoms with Crippen LogP contribution in [0.25, 0.3) is 0 Å². The highest BCUT2D eigenvalue weighted by atomic mass is 16.2. The third-order valence-corrected chi connectivity index (χ3v) is 1.23. The Morgan fingerprint density at radius 3 is 2.27 bits per heavy atom. The number of nitrogens with zero attached hydrogens (tertiary/aromatic N) is 1. The van der Waals surface area contributed by atoms with Gasteiger partial charge in [0.15, 0.2) is 0 Å². The molecule has 0 fully saturated rings. The zero-order chi connectivity index (χ0) is 8.85. The molecule has 0 saturated carbocycles. The SMILES string of the molecule is CC(=O)N(CCCN)C(N)=O. The van der Waals surface area contributed by atoms with Crippen LogP contribution >= 0.6 is 0 Å². The van der Waals surface area contributed by atoms with Crippen molar-refractivity contribution in [2.75, 3.05) is 13.1 Å². The largest absolute Gasteiger partial charge is 0.351 e. The van der Waals surface area contributed by atoms with Crippen molar-refractivity contribution < 1.29 is 9.59 Å². The van der Waals surface area contributed by atoms with Gasteiger partial charge in [0.25, 0.3) is 0 Å². The maximum atomic E-state index is 10.7. The van der Waals surface area contributed by atoms with Gasteiger partial charge in [-0.3, -0.25) is 9.69 Å². The summed E-state index contributed by atoms with van der Waals surface area (Å²) in [7, 11) is 0. The number of amides is 3.